The van der Waals surface area contributed by atoms with Crippen molar-refractivity contribution in [2.75, 3.05) is 13.2 Å². The smallest absolute Gasteiger partial charge is 0.305 e. The average molecular weight is 308 g/mol. The fraction of sp³-hybridized carbons (Fsp3) is 0.632. The Balaban J connectivity index is 0.000000518. The first-order valence-electron chi connectivity index (χ1n) is 8.24. The maximum absolute atomic E-state index is 10.9. The second-order valence-corrected chi connectivity index (χ2v) is 5.89. The summed E-state index contributed by atoms with van der Waals surface area (Å²) in [5.41, 5.74) is 1.32. The van der Waals surface area contributed by atoms with Crippen LogP contribution in [0.3, 0.4) is 0 Å². The first-order valence-corrected chi connectivity index (χ1v) is 8.24. The van der Waals surface area contributed by atoms with Crippen molar-refractivity contribution in [1.82, 2.24) is 0 Å². The molecule has 126 valence electrons. The minimum absolute atomic E-state index is 0.0310. The molecule has 1 unspecified atom stereocenters. The van der Waals surface area contributed by atoms with E-state index in [1.54, 1.807) is 6.92 Å². The van der Waals surface area contributed by atoms with Crippen molar-refractivity contribution in [2.45, 2.75) is 60.0 Å². The number of carbonyl (C=O) groups is 1. The summed E-state index contributed by atoms with van der Waals surface area (Å²) < 4.78 is 10.5. The molecule has 1 atom stereocenters. The molecule has 0 amide bonds. The molecule has 3 heteroatoms. The average Bonchev–Trinajstić information content (AvgIpc) is 2.48. The second-order valence-electron chi connectivity index (χ2n) is 5.89. The normalized spacial score (nSPS) is 11.5. The lowest BCUT2D eigenvalue weighted by Gasteiger charge is -2.13. The third-order valence-electron chi connectivity index (χ3n) is 3.07. The Hall–Kier alpha value is -1.35. The number of benzene rings is 1. The summed E-state index contributed by atoms with van der Waals surface area (Å²) in [5.74, 6) is 0.546. The van der Waals surface area contributed by atoms with Crippen molar-refractivity contribution >= 4 is 5.97 Å². The molecule has 0 radical (unpaired) electrons. The van der Waals surface area contributed by atoms with E-state index >= 15 is 0 Å². The maximum atomic E-state index is 10.9. The highest BCUT2D eigenvalue weighted by Gasteiger charge is 2.06. The van der Waals surface area contributed by atoms with Crippen molar-refractivity contribution in [2.24, 2.45) is 5.92 Å². The topological polar surface area (TPSA) is 35.5 Å². The van der Waals surface area contributed by atoms with Crippen molar-refractivity contribution in [3.63, 3.8) is 0 Å². The Morgan fingerprint density at radius 2 is 1.64 bits per heavy atom. The molecule has 1 aromatic rings. The molecular weight excluding hydrogens is 276 g/mol. The van der Waals surface area contributed by atoms with Crippen LogP contribution in [0.25, 0.3) is 0 Å². The van der Waals surface area contributed by atoms with Gasteiger partial charge >= 0.3 is 5.97 Å². The lowest BCUT2D eigenvalue weighted by atomic mass is 10.1. The Morgan fingerprint density at radius 1 is 1.05 bits per heavy atom. The minimum atomic E-state index is -0.135. The molecule has 0 aliphatic heterocycles. The predicted molar refractivity (Wildman–Crippen MR) is 91.9 cm³/mol. The monoisotopic (exact) mass is 308 g/mol. The number of aryl methyl sites for hydroxylation is 1. The van der Waals surface area contributed by atoms with Crippen LogP contribution < -0.4 is 0 Å². The van der Waals surface area contributed by atoms with Gasteiger partial charge in [-0.2, -0.15) is 0 Å². The molecule has 1 rings (SSSR count). The Bertz CT molecular complexity index is 374. The summed E-state index contributed by atoms with van der Waals surface area (Å²) in [6.45, 7) is 11.6. The zero-order valence-electron chi connectivity index (χ0n) is 14.8. The van der Waals surface area contributed by atoms with E-state index in [9.17, 15) is 4.79 Å². The number of ether oxygens (including phenoxy) is 2. The predicted octanol–water partition coefficient (Wildman–Crippen LogP) is 4.78. The molecule has 0 heterocycles. The largest absolute Gasteiger partial charge is 0.463 e. The molecule has 0 saturated heterocycles. The van der Waals surface area contributed by atoms with Gasteiger partial charge in [-0.1, -0.05) is 56.7 Å². The van der Waals surface area contributed by atoms with Gasteiger partial charge in [0.15, 0.2) is 0 Å². The highest BCUT2D eigenvalue weighted by atomic mass is 16.5. The Labute approximate surface area is 136 Å². The fourth-order valence-corrected chi connectivity index (χ4v) is 1.57. The molecule has 1 aromatic carbocycles. The van der Waals surface area contributed by atoms with E-state index in [-0.39, 0.29) is 12.1 Å². The van der Waals surface area contributed by atoms with Crippen LogP contribution in [0.5, 0.6) is 0 Å². The molecule has 0 aliphatic rings. The summed E-state index contributed by atoms with van der Waals surface area (Å²) in [7, 11) is 0. The maximum Gasteiger partial charge on any atom is 0.305 e. The van der Waals surface area contributed by atoms with E-state index in [1.807, 2.05) is 25.1 Å². The van der Waals surface area contributed by atoms with Gasteiger partial charge in [0.05, 0.1) is 6.61 Å². The number of rotatable bonds is 8. The first kappa shape index (κ1) is 20.6. The van der Waals surface area contributed by atoms with Crippen LogP contribution in [-0.2, 0) is 14.3 Å². The van der Waals surface area contributed by atoms with Gasteiger partial charge < -0.3 is 9.47 Å². The van der Waals surface area contributed by atoms with Gasteiger partial charge in [-0.15, -0.1) is 0 Å². The third-order valence-corrected chi connectivity index (χ3v) is 3.07. The van der Waals surface area contributed by atoms with E-state index in [4.69, 9.17) is 9.47 Å². The van der Waals surface area contributed by atoms with Gasteiger partial charge in [0.1, 0.15) is 6.10 Å². The zero-order valence-corrected chi connectivity index (χ0v) is 14.8. The first-order chi connectivity index (χ1) is 10.5. The van der Waals surface area contributed by atoms with Crippen molar-refractivity contribution in [1.29, 1.82) is 0 Å². The summed E-state index contributed by atoms with van der Waals surface area (Å²) in [5, 5.41) is 0. The minimum Gasteiger partial charge on any atom is -0.463 e. The molecule has 3 nitrogen and oxygen atoms in total. The molecule has 0 spiro atoms. The van der Waals surface area contributed by atoms with Crippen LogP contribution in [0.2, 0.25) is 0 Å². The summed E-state index contributed by atoms with van der Waals surface area (Å²) in [6.07, 6.45) is 2.28. The van der Waals surface area contributed by atoms with Gasteiger partial charge in [0.25, 0.3) is 0 Å². The quantitative estimate of drug-likeness (QED) is 0.512. The van der Waals surface area contributed by atoms with Gasteiger partial charge in [0.2, 0.25) is 0 Å². The molecule has 0 fully saturated rings. The van der Waals surface area contributed by atoms with Gasteiger partial charge in [-0.05, 0) is 26.2 Å². The standard InChI is InChI=1S/C12H24O3.C7H8/c1-5-12(13)15-11(4)7-9-14-8-6-10(2)3;1-7-5-3-2-4-6-7/h10-11H,5-9H2,1-4H3;2-6H,1H3. The van der Waals surface area contributed by atoms with Crippen LogP contribution in [0.1, 0.15) is 52.5 Å². The van der Waals surface area contributed by atoms with E-state index < -0.39 is 0 Å². The third kappa shape index (κ3) is 13.6. The number of esters is 1. The summed E-state index contributed by atoms with van der Waals surface area (Å²) in [6, 6.07) is 10.3. The van der Waals surface area contributed by atoms with Gasteiger partial charge in [0, 0.05) is 19.4 Å². The van der Waals surface area contributed by atoms with Gasteiger partial charge in [-0.25, -0.2) is 0 Å². The summed E-state index contributed by atoms with van der Waals surface area (Å²) in [4.78, 5) is 10.9. The summed E-state index contributed by atoms with van der Waals surface area (Å²) >= 11 is 0. The van der Waals surface area contributed by atoms with Crippen molar-refractivity contribution in [3.8, 4) is 0 Å². The van der Waals surface area contributed by atoms with E-state index in [2.05, 4.69) is 32.9 Å². The van der Waals surface area contributed by atoms with Crippen molar-refractivity contribution in [3.05, 3.63) is 35.9 Å². The SMILES string of the molecule is CCC(=O)OC(C)CCOCCC(C)C.Cc1ccccc1. The lowest BCUT2D eigenvalue weighted by Crippen LogP contribution is -2.16. The molecular formula is C19H32O3. The Morgan fingerprint density at radius 3 is 2.09 bits per heavy atom. The van der Waals surface area contributed by atoms with Crippen LogP contribution >= 0.6 is 0 Å². The second kappa shape index (κ2) is 13.3. The van der Waals surface area contributed by atoms with Crippen molar-refractivity contribution < 1.29 is 14.3 Å². The Kier molecular flexibility index (Phi) is 12.5. The fourth-order valence-electron chi connectivity index (χ4n) is 1.57. The molecule has 0 aliphatic carbocycles. The molecule has 0 aromatic heterocycles. The highest BCUT2D eigenvalue weighted by molar-refractivity contribution is 5.69. The highest BCUT2D eigenvalue weighted by Crippen LogP contribution is 2.02. The zero-order chi connectivity index (χ0) is 16.8. The van der Waals surface area contributed by atoms with Gasteiger partial charge in [-0.3, -0.25) is 4.79 Å². The van der Waals surface area contributed by atoms with E-state index in [1.165, 1.54) is 5.56 Å². The molecule has 22 heavy (non-hydrogen) atoms. The molecule has 0 bridgehead atoms. The van der Waals surface area contributed by atoms with E-state index in [0.29, 0.717) is 18.9 Å². The number of carbonyl (C=O) groups excluding carboxylic acids is 1. The molecule has 0 N–H and O–H groups in total. The molecule has 0 saturated carbocycles. The van der Waals surface area contributed by atoms with Crippen LogP contribution in [0.15, 0.2) is 30.3 Å². The van der Waals surface area contributed by atoms with Crippen LogP contribution in [0, 0.1) is 12.8 Å². The number of hydrogen-bond acceptors (Lipinski definition) is 3. The lowest BCUT2D eigenvalue weighted by molar-refractivity contribution is -0.148. The van der Waals surface area contributed by atoms with Crippen LogP contribution in [-0.4, -0.2) is 25.3 Å². The van der Waals surface area contributed by atoms with Crippen LogP contribution in [0.4, 0.5) is 0 Å². The van der Waals surface area contributed by atoms with E-state index in [0.717, 1.165) is 19.4 Å². The number of hydrogen-bond donors (Lipinski definition) is 0.